The lowest BCUT2D eigenvalue weighted by molar-refractivity contribution is -0.133. The third kappa shape index (κ3) is 2.82. The summed E-state index contributed by atoms with van der Waals surface area (Å²) in [6.45, 7) is 1.99. The lowest BCUT2D eigenvalue weighted by Gasteiger charge is -2.23. The predicted molar refractivity (Wildman–Crippen MR) is 59.0 cm³/mol. The Kier molecular flexibility index (Phi) is 3.59. The van der Waals surface area contributed by atoms with E-state index in [4.69, 9.17) is 4.74 Å². The minimum atomic E-state index is -0.271. The van der Waals surface area contributed by atoms with Gasteiger partial charge >= 0.3 is 0 Å². The van der Waals surface area contributed by atoms with Gasteiger partial charge < -0.3 is 10.1 Å². The van der Waals surface area contributed by atoms with Gasteiger partial charge in [-0.05, 0) is 32.6 Å². The SMILES string of the molecule is CC1CCC(C(=O)NC2CCC(=O)CC2)O1. The van der Waals surface area contributed by atoms with E-state index in [0.717, 1.165) is 25.7 Å². The molecule has 90 valence electrons. The first-order valence-electron chi connectivity index (χ1n) is 6.12. The first-order chi connectivity index (χ1) is 7.65. The van der Waals surface area contributed by atoms with Crippen LogP contribution in [0.3, 0.4) is 0 Å². The van der Waals surface area contributed by atoms with E-state index in [2.05, 4.69) is 5.32 Å². The minimum Gasteiger partial charge on any atom is -0.365 e. The average Bonchev–Trinajstić information content (AvgIpc) is 2.68. The van der Waals surface area contributed by atoms with Crippen molar-refractivity contribution in [2.75, 3.05) is 0 Å². The number of ether oxygens (including phenoxy) is 1. The van der Waals surface area contributed by atoms with Crippen LogP contribution in [-0.4, -0.2) is 29.9 Å². The highest BCUT2D eigenvalue weighted by Crippen LogP contribution is 2.20. The number of hydrogen-bond acceptors (Lipinski definition) is 3. The number of nitrogens with one attached hydrogen (secondary N) is 1. The zero-order chi connectivity index (χ0) is 11.5. The number of ketones is 1. The fraction of sp³-hybridized carbons (Fsp3) is 0.833. The fourth-order valence-corrected chi connectivity index (χ4v) is 2.37. The van der Waals surface area contributed by atoms with Crippen LogP contribution in [0.15, 0.2) is 0 Å². The molecule has 1 N–H and O–H groups in total. The Morgan fingerprint density at radius 1 is 1.25 bits per heavy atom. The number of carbonyl (C=O) groups excluding carboxylic acids is 2. The maximum Gasteiger partial charge on any atom is 0.249 e. The second-order valence-corrected chi connectivity index (χ2v) is 4.83. The van der Waals surface area contributed by atoms with Gasteiger partial charge in [0.05, 0.1) is 6.10 Å². The first-order valence-corrected chi connectivity index (χ1v) is 6.12. The lowest BCUT2D eigenvalue weighted by atomic mass is 9.94. The molecule has 4 heteroatoms. The molecule has 2 unspecified atom stereocenters. The highest BCUT2D eigenvalue weighted by atomic mass is 16.5. The molecule has 2 fully saturated rings. The Morgan fingerprint density at radius 2 is 1.94 bits per heavy atom. The van der Waals surface area contributed by atoms with Gasteiger partial charge in [0.15, 0.2) is 0 Å². The number of rotatable bonds is 2. The molecule has 2 rings (SSSR count). The molecule has 1 aliphatic carbocycles. The molecule has 0 aromatic heterocycles. The van der Waals surface area contributed by atoms with Gasteiger partial charge in [-0.1, -0.05) is 0 Å². The molecule has 1 aliphatic heterocycles. The van der Waals surface area contributed by atoms with Crippen molar-refractivity contribution in [1.82, 2.24) is 5.32 Å². The fourth-order valence-electron chi connectivity index (χ4n) is 2.37. The van der Waals surface area contributed by atoms with Crippen molar-refractivity contribution in [2.24, 2.45) is 0 Å². The molecule has 1 saturated carbocycles. The van der Waals surface area contributed by atoms with Crippen molar-refractivity contribution in [3.8, 4) is 0 Å². The molecule has 0 bridgehead atoms. The summed E-state index contributed by atoms with van der Waals surface area (Å²) in [7, 11) is 0. The molecular formula is C12H19NO3. The molecular weight excluding hydrogens is 206 g/mol. The van der Waals surface area contributed by atoms with Crippen molar-refractivity contribution >= 4 is 11.7 Å². The number of hydrogen-bond donors (Lipinski definition) is 1. The van der Waals surface area contributed by atoms with Crippen molar-refractivity contribution in [1.29, 1.82) is 0 Å². The topological polar surface area (TPSA) is 55.4 Å². The Bertz CT molecular complexity index is 280. The maximum atomic E-state index is 11.8. The Morgan fingerprint density at radius 3 is 2.50 bits per heavy atom. The molecule has 2 atom stereocenters. The smallest absolute Gasteiger partial charge is 0.249 e. The monoisotopic (exact) mass is 225 g/mol. The van der Waals surface area contributed by atoms with E-state index >= 15 is 0 Å². The van der Waals surface area contributed by atoms with Gasteiger partial charge in [0.1, 0.15) is 11.9 Å². The summed E-state index contributed by atoms with van der Waals surface area (Å²) in [5, 5.41) is 2.99. The van der Waals surface area contributed by atoms with Crippen molar-refractivity contribution < 1.29 is 14.3 Å². The van der Waals surface area contributed by atoms with Gasteiger partial charge in [0, 0.05) is 18.9 Å². The normalized spacial score (nSPS) is 31.7. The van der Waals surface area contributed by atoms with Gasteiger partial charge in [0.25, 0.3) is 0 Å². The van der Waals surface area contributed by atoms with Crippen molar-refractivity contribution in [3.63, 3.8) is 0 Å². The van der Waals surface area contributed by atoms with Crippen LogP contribution in [0.25, 0.3) is 0 Å². The molecule has 2 aliphatic rings. The minimum absolute atomic E-state index is 0.00342. The van der Waals surface area contributed by atoms with Gasteiger partial charge in [-0.15, -0.1) is 0 Å². The molecule has 1 heterocycles. The highest BCUT2D eigenvalue weighted by Gasteiger charge is 2.30. The van der Waals surface area contributed by atoms with Crippen LogP contribution in [0, 0.1) is 0 Å². The molecule has 0 aromatic carbocycles. The molecule has 1 amide bonds. The molecule has 16 heavy (non-hydrogen) atoms. The zero-order valence-electron chi connectivity index (χ0n) is 9.70. The molecule has 4 nitrogen and oxygen atoms in total. The van der Waals surface area contributed by atoms with Gasteiger partial charge in [-0.2, -0.15) is 0 Å². The molecule has 0 radical (unpaired) electrons. The largest absolute Gasteiger partial charge is 0.365 e. The Balaban J connectivity index is 1.77. The zero-order valence-corrected chi connectivity index (χ0v) is 9.70. The predicted octanol–water partition coefficient (Wildman–Crippen LogP) is 1.18. The van der Waals surface area contributed by atoms with E-state index in [1.165, 1.54) is 0 Å². The lowest BCUT2D eigenvalue weighted by Crippen LogP contribution is -2.43. The van der Waals surface area contributed by atoms with Crippen LogP contribution in [0.2, 0.25) is 0 Å². The van der Waals surface area contributed by atoms with E-state index in [0.29, 0.717) is 18.6 Å². The van der Waals surface area contributed by atoms with Crippen molar-refractivity contribution in [3.05, 3.63) is 0 Å². The molecule has 1 saturated heterocycles. The third-order valence-corrected chi connectivity index (χ3v) is 3.41. The number of amides is 1. The summed E-state index contributed by atoms with van der Waals surface area (Å²) < 4.78 is 5.51. The van der Waals surface area contributed by atoms with Crippen LogP contribution in [0.4, 0.5) is 0 Å². The van der Waals surface area contributed by atoms with Crippen LogP contribution in [-0.2, 0) is 14.3 Å². The van der Waals surface area contributed by atoms with E-state index in [9.17, 15) is 9.59 Å². The standard InChI is InChI=1S/C12H19NO3/c1-8-2-7-11(16-8)12(15)13-9-3-5-10(14)6-4-9/h8-9,11H,2-7H2,1H3,(H,13,15). The van der Waals surface area contributed by atoms with E-state index < -0.39 is 0 Å². The van der Waals surface area contributed by atoms with Crippen LogP contribution in [0.5, 0.6) is 0 Å². The Hall–Kier alpha value is -0.900. The van der Waals surface area contributed by atoms with E-state index in [-0.39, 0.29) is 24.2 Å². The highest BCUT2D eigenvalue weighted by molar-refractivity contribution is 5.82. The van der Waals surface area contributed by atoms with E-state index in [1.54, 1.807) is 0 Å². The summed E-state index contributed by atoms with van der Waals surface area (Å²) in [4.78, 5) is 22.9. The van der Waals surface area contributed by atoms with Crippen LogP contribution in [0.1, 0.15) is 45.4 Å². The first kappa shape index (κ1) is 11.6. The number of Topliss-reactive ketones (excluding diaryl/α,β-unsaturated/α-hetero) is 1. The van der Waals surface area contributed by atoms with Gasteiger partial charge in [0.2, 0.25) is 5.91 Å². The second kappa shape index (κ2) is 4.95. The molecule has 0 aromatic rings. The summed E-state index contributed by atoms with van der Waals surface area (Å²) in [6.07, 6.45) is 4.48. The summed E-state index contributed by atoms with van der Waals surface area (Å²) in [5.74, 6) is 0.319. The molecule has 0 spiro atoms. The van der Waals surface area contributed by atoms with Gasteiger partial charge in [-0.25, -0.2) is 0 Å². The van der Waals surface area contributed by atoms with Crippen LogP contribution < -0.4 is 5.32 Å². The Labute approximate surface area is 95.7 Å². The number of carbonyl (C=O) groups is 2. The maximum absolute atomic E-state index is 11.8. The summed E-state index contributed by atoms with van der Waals surface area (Å²) >= 11 is 0. The second-order valence-electron chi connectivity index (χ2n) is 4.83. The van der Waals surface area contributed by atoms with E-state index in [1.807, 2.05) is 6.92 Å². The quantitative estimate of drug-likeness (QED) is 0.767. The summed E-state index contributed by atoms with van der Waals surface area (Å²) in [5.41, 5.74) is 0. The van der Waals surface area contributed by atoms with Crippen LogP contribution >= 0.6 is 0 Å². The summed E-state index contributed by atoms with van der Waals surface area (Å²) in [6, 6.07) is 0.171. The third-order valence-electron chi connectivity index (χ3n) is 3.41. The average molecular weight is 225 g/mol. The van der Waals surface area contributed by atoms with Gasteiger partial charge in [-0.3, -0.25) is 9.59 Å². The van der Waals surface area contributed by atoms with Crippen molar-refractivity contribution in [2.45, 2.75) is 63.7 Å².